The molecule has 0 atom stereocenters. The lowest BCUT2D eigenvalue weighted by Gasteiger charge is -2.26. The van der Waals surface area contributed by atoms with Gasteiger partial charge in [-0.3, -0.25) is 28.8 Å². The van der Waals surface area contributed by atoms with Crippen LogP contribution in [-0.2, 0) is 76.3 Å². The molecule has 2 aromatic carbocycles. The lowest BCUT2D eigenvalue weighted by atomic mass is 9.82. The van der Waals surface area contributed by atoms with Crippen LogP contribution in [0, 0.1) is 35.5 Å². The molecular weight excluding hydrogens is 1070 g/mol. The Morgan fingerprint density at radius 3 is 0.976 bits per heavy atom. The molecule has 0 aliphatic heterocycles. The molecule has 22 nitrogen and oxygen atoms in total. The van der Waals surface area contributed by atoms with Gasteiger partial charge in [0, 0.05) is 25.4 Å². The predicted octanol–water partition coefficient (Wildman–Crippen LogP) is 7.92. The summed E-state index contributed by atoms with van der Waals surface area (Å²) in [5.74, 6) is -9.35. The molecule has 0 saturated heterocycles. The lowest BCUT2D eigenvalue weighted by Crippen LogP contribution is -2.30. The van der Waals surface area contributed by atoms with Crippen LogP contribution in [0.5, 0.6) is 23.0 Å². The van der Waals surface area contributed by atoms with Crippen LogP contribution in [0.15, 0.2) is 61.7 Å². The van der Waals surface area contributed by atoms with Gasteiger partial charge >= 0.3 is 59.7 Å². The summed E-state index contributed by atoms with van der Waals surface area (Å²) in [5, 5.41) is 0. The highest BCUT2D eigenvalue weighted by molar-refractivity contribution is 5.95. The second-order valence-electron chi connectivity index (χ2n) is 19.8. The van der Waals surface area contributed by atoms with Gasteiger partial charge in [0.1, 0.15) is 47.3 Å². The van der Waals surface area contributed by atoms with Gasteiger partial charge in [-0.25, -0.2) is 19.2 Å². The van der Waals surface area contributed by atoms with Gasteiger partial charge in [-0.05, 0) is 153 Å². The topological polar surface area (TPSA) is 281 Å². The normalized spacial score (nSPS) is 19.4. The highest BCUT2D eigenvalue weighted by atomic mass is 16.6. The summed E-state index contributed by atoms with van der Waals surface area (Å²) in [7, 11) is 0. The molecule has 0 bridgehead atoms. The van der Waals surface area contributed by atoms with Crippen molar-refractivity contribution in [3.8, 4) is 23.0 Å². The van der Waals surface area contributed by atoms with Gasteiger partial charge in [-0.2, -0.15) is 0 Å². The largest absolute Gasteiger partial charge is 0.465 e. The minimum absolute atomic E-state index is 0.0122. The molecule has 3 fully saturated rings. The highest BCUT2D eigenvalue weighted by Crippen LogP contribution is 2.37. The minimum atomic E-state index is -0.849. The number of ether oxygens (including phenoxy) is 12. The van der Waals surface area contributed by atoms with E-state index in [0.717, 1.165) is 12.2 Å². The number of unbranched alkanes of at least 4 members (excludes halogenated alkanes) is 2. The van der Waals surface area contributed by atoms with Crippen molar-refractivity contribution >= 4 is 59.7 Å². The number of rotatable bonds is 32. The summed E-state index contributed by atoms with van der Waals surface area (Å²) < 4.78 is 65.0. The van der Waals surface area contributed by atoms with Gasteiger partial charge < -0.3 is 56.8 Å². The molecule has 2 aromatic rings. The van der Waals surface area contributed by atoms with E-state index >= 15 is 0 Å². The van der Waals surface area contributed by atoms with Gasteiger partial charge in [0.05, 0.1) is 75.1 Å². The molecule has 82 heavy (non-hydrogen) atoms. The SMILES string of the molecule is C=CC(=O)OCCCCOC(=O)C1CCC(C(=O)Oc2ccc(OC(=O)C3CCC(C(=O)Oc4ccc(OC(=O)C5CCC(C(=O)OCCCCOC(=O)C=C)CC5)c(C(=O)OCCOCC)c4)CC3)cc2C(=O)OCCOCC)CC1. The highest BCUT2D eigenvalue weighted by Gasteiger charge is 2.36. The number of hydrogen-bond donors (Lipinski definition) is 0. The number of carbonyl (C=O) groups excluding carboxylic acids is 10. The maximum atomic E-state index is 13.6. The van der Waals surface area contributed by atoms with Crippen molar-refractivity contribution in [1.29, 1.82) is 0 Å². The Bertz CT molecular complexity index is 2340. The van der Waals surface area contributed by atoms with Crippen LogP contribution in [-0.4, -0.2) is 126 Å². The molecule has 22 heteroatoms. The van der Waals surface area contributed by atoms with Crippen LogP contribution in [0.4, 0.5) is 0 Å². The van der Waals surface area contributed by atoms with Gasteiger partial charge in [-0.1, -0.05) is 13.2 Å². The zero-order valence-electron chi connectivity index (χ0n) is 46.9. The second kappa shape index (κ2) is 35.4. The van der Waals surface area contributed by atoms with Crippen LogP contribution in [0.3, 0.4) is 0 Å². The lowest BCUT2D eigenvalue weighted by molar-refractivity contribution is -0.152. The molecule has 0 heterocycles. The summed E-state index contributed by atoms with van der Waals surface area (Å²) in [5.41, 5.74) is -0.330. The molecule has 3 aliphatic rings. The van der Waals surface area contributed by atoms with Gasteiger partial charge in [0.2, 0.25) is 0 Å². The minimum Gasteiger partial charge on any atom is -0.465 e. The summed E-state index contributed by atoms with van der Waals surface area (Å²) in [4.78, 5) is 129. The van der Waals surface area contributed by atoms with E-state index < -0.39 is 83.3 Å². The van der Waals surface area contributed by atoms with Crippen LogP contribution >= 0.6 is 0 Å². The average molecular weight is 1150 g/mol. The Kier molecular flexibility index (Phi) is 28.2. The Hall–Kier alpha value is -7.46. The van der Waals surface area contributed by atoms with Gasteiger partial charge in [0.25, 0.3) is 0 Å². The number of esters is 10. The first-order valence-corrected chi connectivity index (χ1v) is 28.2. The monoisotopic (exact) mass is 1150 g/mol. The summed E-state index contributed by atoms with van der Waals surface area (Å²) in [6.07, 6.45) is 8.13. The van der Waals surface area contributed by atoms with Crippen LogP contribution in [0.25, 0.3) is 0 Å². The zero-order chi connectivity index (χ0) is 59.2. The first-order valence-electron chi connectivity index (χ1n) is 28.2. The quantitative estimate of drug-likeness (QED) is 0.0221. The summed E-state index contributed by atoms with van der Waals surface area (Å²) >= 11 is 0. The van der Waals surface area contributed by atoms with E-state index in [1.54, 1.807) is 13.8 Å². The van der Waals surface area contributed by atoms with Crippen molar-refractivity contribution in [2.75, 3.05) is 66.1 Å². The van der Waals surface area contributed by atoms with E-state index in [4.69, 9.17) is 56.8 Å². The summed E-state index contributed by atoms with van der Waals surface area (Å²) in [6, 6.07) is 7.96. The fourth-order valence-corrected chi connectivity index (χ4v) is 9.40. The average Bonchev–Trinajstić information content (AvgIpc) is 3.58. The number of carbonyl (C=O) groups is 10. The predicted molar refractivity (Wildman–Crippen MR) is 288 cm³/mol. The van der Waals surface area contributed by atoms with Crippen molar-refractivity contribution in [3.63, 3.8) is 0 Å². The van der Waals surface area contributed by atoms with E-state index in [2.05, 4.69) is 13.2 Å². The smallest absolute Gasteiger partial charge is 0.342 e. The Morgan fingerprint density at radius 2 is 0.671 bits per heavy atom. The number of hydrogen-bond acceptors (Lipinski definition) is 22. The molecule has 0 radical (unpaired) electrons. The maximum Gasteiger partial charge on any atom is 0.342 e. The molecular formula is C60H76O22. The fourth-order valence-electron chi connectivity index (χ4n) is 9.40. The molecule has 0 spiro atoms. The molecule has 3 aliphatic carbocycles. The molecule has 448 valence electrons. The molecule has 0 unspecified atom stereocenters. The third kappa shape index (κ3) is 21.8. The molecule has 0 N–H and O–H groups in total. The van der Waals surface area contributed by atoms with Crippen molar-refractivity contribution in [3.05, 3.63) is 72.8 Å². The standard InChI is InChI=1S/C60H76O22/c1-5-51(61)73-29-9-11-31-75-53(63)39-13-17-43(18-14-39)57(67)81-49-27-25-45(37-47(49)59(69)77-35-33-71-7-3)79-55(65)41-21-23-42(24-22-41)56(66)80-46-26-28-50(48(38-46)60(70)78-36-34-72-8-4)82-58(68)44-19-15-40(16-20-44)54(64)76-32-12-10-30-74-52(62)6-2/h5-6,25-28,37-44H,1-2,7-24,29-36H2,3-4H3. The summed E-state index contributed by atoms with van der Waals surface area (Å²) in [6.45, 7) is 11.8. The van der Waals surface area contributed by atoms with Crippen LogP contribution in [0.1, 0.15) is 137 Å². The molecule has 5 rings (SSSR count). The van der Waals surface area contributed by atoms with Crippen LogP contribution < -0.4 is 18.9 Å². The second-order valence-corrected chi connectivity index (χ2v) is 19.8. The molecule has 0 amide bonds. The molecule has 0 aromatic heterocycles. The third-order valence-corrected chi connectivity index (χ3v) is 14.1. The van der Waals surface area contributed by atoms with E-state index in [1.807, 2.05) is 0 Å². The first kappa shape index (κ1) is 65.4. The van der Waals surface area contributed by atoms with Crippen molar-refractivity contribution < 1.29 is 105 Å². The third-order valence-electron chi connectivity index (χ3n) is 14.1. The van der Waals surface area contributed by atoms with E-state index in [9.17, 15) is 47.9 Å². The maximum absolute atomic E-state index is 13.6. The Balaban J connectivity index is 1.12. The van der Waals surface area contributed by atoms with Crippen LogP contribution in [0.2, 0.25) is 0 Å². The first-order chi connectivity index (χ1) is 39.6. The Labute approximate surface area is 477 Å². The van der Waals surface area contributed by atoms with Crippen molar-refractivity contribution in [1.82, 2.24) is 0 Å². The van der Waals surface area contributed by atoms with Gasteiger partial charge in [-0.15, -0.1) is 0 Å². The van der Waals surface area contributed by atoms with Crippen molar-refractivity contribution in [2.24, 2.45) is 35.5 Å². The van der Waals surface area contributed by atoms with E-state index in [-0.39, 0.29) is 125 Å². The molecule has 3 saturated carbocycles. The van der Waals surface area contributed by atoms with E-state index in [0.29, 0.717) is 90.3 Å². The Morgan fingerprint density at radius 1 is 0.378 bits per heavy atom. The number of benzene rings is 2. The zero-order valence-corrected chi connectivity index (χ0v) is 46.9. The van der Waals surface area contributed by atoms with E-state index in [1.165, 1.54) is 36.4 Å². The fraction of sp³-hybridized carbons (Fsp3) is 0.567. The van der Waals surface area contributed by atoms with Crippen molar-refractivity contribution in [2.45, 2.75) is 117 Å². The van der Waals surface area contributed by atoms with Gasteiger partial charge in [0.15, 0.2) is 0 Å².